The number of H-pyrrole nitrogens is 1. The lowest BCUT2D eigenvalue weighted by Crippen LogP contribution is -2.38. The van der Waals surface area contributed by atoms with Gasteiger partial charge in [0, 0.05) is 6.20 Å². The van der Waals surface area contributed by atoms with Crippen molar-refractivity contribution >= 4 is 17.8 Å². The van der Waals surface area contributed by atoms with E-state index in [0.29, 0.717) is 5.75 Å². The lowest BCUT2D eigenvalue weighted by Gasteiger charge is -2.20. The van der Waals surface area contributed by atoms with E-state index in [9.17, 15) is 24.3 Å². The molecule has 0 aliphatic rings. The minimum Gasteiger partial charge on any atom is -0.497 e. The third kappa shape index (κ3) is 5.84. The number of hydrogen-bond donors (Lipinski definition) is 5. The molecule has 5 N–H and O–H groups in total. The van der Waals surface area contributed by atoms with Crippen molar-refractivity contribution in [2.45, 2.75) is 12.1 Å². The first-order valence-electron chi connectivity index (χ1n) is 10.1. The van der Waals surface area contributed by atoms with Crippen molar-refractivity contribution in [3.8, 4) is 5.75 Å². The number of aromatic amines is 1. The number of aliphatic hydroxyl groups is 1. The van der Waals surface area contributed by atoms with E-state index in [0.717, 1.165) is 17.3 Å². The van der Waals surface area contributed by atoms with Crippen LogP contribution in [0.15, 0.2) is 65.6 Å². The number of carbonyl (C=O) groups excluding carboxylic acids is 2. The molecule has 11 nitrogen and oxygen atoms in total. The average Bonchev–Trinajstić information content (AvgIpc) is 2.85. The number of aliphatic carboxylic acids is 1. The first-order valence-corrected chi connectivity index (χ1v) is 10.1. The highest BCUT2D eigenvalue weighted by atomic mass is 16.5. The molecule has 0 unspecified atom stereocenters. The van der Waals surface area contributed by atoms with Gasteiger partial charge in [-0.25, -0.2) is 9.78 Å². The Morgan fingerprint density at radius 2 is 1.68 bits per heavy atom. The van der Waals surface area contributed by atoms with E-state index in [1.165, 1.54) is 0 Å². The largest absolute Gasteiger partial charge is 0.497 e. The number of rotatable bonds is 9. The second-order valence-electron chi connectivity index (χ2n) is 7.13. The molecule has 0 saturated carbocycles. The molecule has 176 valence electrons. The Hall–Kier alpha value is -4.51. The van der Waals surface area contributed by atoms with E-state index < -0.39 is 47.9 Å². The molecule has 0 aliphatic heterocycles. The number of nitrogens with zero attached hydrogens (tertiary/aromatic N) is 1. The number of carbonyl (C=O) groups is 3. The Balaban J connectivity index is 1.80. The van der Waals surface area contributed by atoms with Crippen LogP contribution in [0.3, 0.4) is 0 Å². The van der Waals surface area contributed by atoms with Crippen molar-refractivity contribution in [3.05, 3.63) is 93.7 Å². The number of methoxy groups -OCH3 is 1. The summed E-state index contributed by atoms with van der Waals surface area (Å²) in [6.07, 6.45) is -0.860. The molecule has 3 rings (SSSR count). The molecule has 0 spiro atoms. The van der Waals surface area contributed by atoms with Gasteiger partial charge in [-0.15, -0.1) is 0 Å². The minimum absolute atomic E-state index is 0.323. The maximum Gasteiger partial charge on any atom is 0.334 e. The Bertz CT molecular complexity index is 1230. The molecule has 2 aromatic carbocycles. The summed E-state index contributed by atoms with van der Waals surface area (Å²) in [7, 11) is 1.54. The summed E-state index contributed by atoms with van der Waals surface area (Å²) in [5.41, 5.74) is 0.339. The molecule has 0 saturated heterocycles. The van der Waals surface area contributed by atoms with Crippen molar-refractivity contribution in [1.29, 1.82) is 0 Å². The molecule has 0 aliphatic carbocycles. The fourth-order valence-corrected chi connectivity index (χ4v) is 3.04. The molecule has 34 heavy (non-hydrogen) atoms. The van der Waals surface area contributed by atoms with Gasteiger partial charge in [0.1, 0.15) is 11.3 Å². The van der Waals surface area contributed by atoms with Gasteiger partial charge in [0.2, 0.25) is 0 Å². The molecule has 0 radical (unpaired) electrons. The number of carboxylic acids is 1. The number of aromatic nitrogens is 2. The number of carboxylic acid groups (broad SMARTS) is 1. The monoisotopic (exact) mass is 466 g/mol. The van der Waals surface area contributed by atoms with Crippen molar-refractivity contribution < 1.29 is 29.3 Å². The molecule has 0 fully saturated rings. The van der Waals surface area contributed by atoms with Crippen LogP contribution in [0.5, 0.6) is 5.75 Å². The van der Waals surface area contributed by atoms with E-state index in [4.69, 9.17) is 9.84 Å². The topological polar surface area (TPSA) is 171 Å². The van der Waals surface area contributed by atoms with Crippen molar-refractivity contribution in [2.75, 3.05) is 13.7 Å². The van der Waals surface area contributed by atoms with Crippen molar-refractivity contribution in [2.24, 2.45) is 0 Å². The summed E-state index contributed by atoms with van der Waals surface area (Å²) < 4.78 is 5.18. The number of aliphatic hydroxyl groups excluding tert-OH is 1. The highest BCUT2D eigenvalue weighted by Gasteiger charge is 2.22. The minimum atomic E-state index is -1.81. The first-order chi connectivity index (χ1) is 16.3. The second-order valence-corrected chi connectivity index (χ2v) is 7.13. The van der Waals surface area contributed by atoms with Crippen LogP contribution in [0.2, 0.25) is 0 Å². The lowest BCUT2D eigenvalue weighted by molar-refractivity contribution is -0.146. The van der Waals surface area contributed by atoms with Crippen molar-refractivity contribution in [3.63, 3.8) is 0 Å². The van der Waals surface area contributed by atoms with Crippen molar-refractivity contribution in [1.82, 2.24) is 20.6 Å². The van der Waals surface area contributed by atoms with Gasteiger partial charge in [-0.2, -0.15) is 0 Å². The van der Waals surface area contributed by atoms with Crippen LogP contribution >= 0.6 is 0 Å². The Morgan fingerprint density at radius 1 is 1.03 bits per heavy atom. The molecule has 1 heterocycles. The zero-order valence-electron chi connectivity index (χ0n) is 18.0. The van der Waals surface area contributed by atoms with Crippen LogP contribution in [0, 0.1) is 0 Å². The number of benzene rings is 2. The van der Waals surface area contributed by atoms with Crippen LogP contribution < -0.4 is 20.9 Å². The molecule has 3 aromatic rings. The fraction of sp³-hybridized carbons (Fsp3) is 0.174. The molecule has 11 heteroatoms. The summed E-state index contributed by atoms with van der Waals surface area (Å²) in [5, 5.41) is 22.8. The average molecular weight is 466 g/mol. The van der Waals surface area contributed by atoms with Gasteiger partial charge in [0.05, 0.1) is 19.7 Å². The molecule has 2 amide bonds. The van der Waals surface area contributed by atoms with Gasteiger partial charge in [-0.3, -0.25) is 14.4 Å². The fourth-order valence-electron chi connectivity index (χ4n) is 3.04. The Morgan fingerprint density at radius 3 is 2.26 bits per heavy atom. The van der Waals surface area contributed by atoms with Crippen LogP contribution in [0.1, 0.15) is 38.1 Å². The second kappa shape index (κ2) is 10.9. The molecular formula is C23H22N4O7. The van der Waals surface area contributed by atoms with Gasteiger partial charge in [0.15, 0.2) is 11.9 Å². The smallest absolute Gasteiger partial charge is 0.334 e. The van der Waals surface area contributed by atoms with E-state index in [1.54, 1.807) is 31.4 Å². The van der Waals surface area contributed by atoms with Gasteiger partial charge >= 0.3 is 5.97 Å². The third-order valence-corrected chi connectivity index (χ3v) is 4.86. The van der Waals surface area contributed by atoms with E-state index in [-0.39, 0.29) is 5.56 Å². The van der Waals surface area contributed by atoms with Gasteiger partial charge in [-0.05, 0) is 23.3 Å². The summed E-state index contributed by atoms with van der Waals surface area (Å²) in [5.74, 6) is -2.93. The van der Waals surface area contributed by atoms with Gasteiger partial charge in [0.25, 0.3) is 17.4 Å². The standard InChI is InChI=1S/C23H22N4O7/c1-34-15-9-7-14(8-10-15)18(13-5-3-2-4-6-13)26-20(29)16-11-24-19(27-21(16)30)22(31)25-12-17(28)23(32)33/h2-11,17-18,28H,12H2,1H3,(H,25,31)(H,26,29)(H,32,33)(H,24,27,30)/t17-,18+/m1/s1. The molecular weight excluding hydrogens is 444 g/mol. The van der Waals surface area contributed by atoms with Crippen LogP contribution in [0.25, 0.3) is 0 Å². The Labute approximate surface area is 193 Å². The van der Waals surface area contributed by atoms with Gasteiger partial charge in [-0.1, -0.05) is 42.5 Å². The Kier molecular flexibility index (Phi) is 7.72. The predicted octanol–water partition coefficient (Wildman–Crippen LogP) is 0.473. The van der Waals surface area contributed by atoms with E-state index in [1.807, 2.05) is 30.3 Å². The number of ether oxygens (including phenoxy) is 1. The first kappa shape index (κ1) is 24.1. The van der Waals surface area contributed by atoms with Crippen LogP contribution in [-0.4, -0.2) is 57.7 Å². The molecule has 0 bridgehead atoms. The predicted molar refractivity (Wildman–Crippen MR) is 120 cm³/mol. The molecule has 1 aromatic heterocycles. The maximum absolute atomic E-state index is 12.9. The SMILES string of the molecule is COc1ccc([C@@H](NC(=O)c2cnc(C(=O)NC[C@@H](O)C(=O)O)[nH]c2=O)c2ccccc2)cc1. The number of hydrogen-bond acceptors (Lipinski definition) is 7. The molecule has 2 atom stereocenters. The zero-order chi connectivity index (χ0) is 24.7. The van der Waals surface area contributed by atoms with E-state index in [2.05, 4.69) is 20.6 Å². The lowest BCUT2D eigenvalue weighted by atomic mass is 9.98. The number of amides is 2. The highest BCUT2D eigenvalue weighted by molar-refractivity contribution is 5.95. The quantitative estimate of drug-likeness (QED) is 0.303. The zero-order valence-corrected chi connectivity index (χ0v) is 18.0. The summed E-state index contributed by atoms with van der Waals surface area (Å²) in [4.78, 5) is 54.0. The third-order valence-electron chi connectivity index (χ3n) is 4.86. The summed E-state index contributed by atoms with van der Waals surface area (Å²) in [6, 6.07) is 15.6. The normalized spacial score (nSPS) is 12.3. The van der Waals surface area contributed by atoms with Crippen LogP contribution in [0.4, 0.5) is 0 Å². The maximum atomic E-state index is 12.9. The number of nitrogens with one attached hydrogen (secondary N) is 3. The van der Waals surface area contributed by atoms with Gasteiger partial charge < -0.3 is 30.6 Å². The van der Waals surface area contributed by atoms with E-state index >= 15 is 0 Å². The summed E-state index contributed by atoms with van der Waals surface area (Å²) >= 11 is 0. The van der Waals surface area contributed by atoms with Crippen LogP contribution in [-0.2, 0) is 4.79 Å². The summed E-state index contributed by atoms with van der Waals surface area (Å²) in [6.45, 7) is -0.583. The highest BCUT2D eigenvalue weighted by Crippen LogP contribution is 2.24.